The molecule has 2 aromatic rings. The van der Waals surface area contributed by atoms with Crippen molar-refractivity contribution in [3.8, 4) is 5.69 Å². The summed E-state index contributed by atoms with van der Waals surface area (Å²) < 4.78 is 2.09. The van der Waals surface area contributed by atoms with E-state index in [-0.39, 0.29) is 5.43 Å². The van der Waals surface area contributed by atoms with Crippen LogP contribution < -0.4 is 10.7 Å². The quantitative estimate of drug-likeness (QED) is 0.855. The summed E-state index contributed by atoms with van der Waals surface area (Å²) in [4.78, 5) is 12.1. The molecule has 3 heteroatoms. The van der Waals surface area contributed by atoms with E-state index in [9.17, 15) is 4.79 Å². The largest absolute Gasteiger partial charge is 0.321 e. The number of hydrogen-bond donors (Lipinski definition) is 1. The number of hydrogen-bond acceptors (Lipinski definition) is 2. The number of aromatic nitrogens is 1. The average molecular weight is 284 g/mol. The third-order valence-electron chi connectivity index (χ3n) is 3.83. The third-order valence-corrected chi connectivity index (χ3v) is 3.83. The highest BCUT2D eigenvalue weighted by molar-refractivity contribution is 5.41. The molecule has 1 heterocycles. The van der Waals surface area contributed by atoms with E-state index in [0.717, 1.165) is 29.9 Å². The van der Waals surface area contributed by atoms with Crippen molar-refractivity contribution >= 4 is 0 Å². The number of aryl methyl sites for hydroxylation is 3. The zero-order valence-corrected chi connectivity index (χ0v) is 13.4. The van der Waals surface area contributed by atoms with Gasteiger partial charge >= 0.3 is 0 Å². The zero-order chi connectivity index (χ0) is 15.4. The second kappa shape index (κ2) is 6.72. The van der Waals surface area contributed by atoms with E-state index in [4.69, 9.17) is 0 Å². The van der Waals surface area contributed by atoms with Crippen LogP contribution in [-0.4, -0.2) is 11.1 Å². The Hall–Kier alpha value is -1.87. The van der Waals surface area contributed by atoms with Gasteiger partial charge in [-0.2, -0.15) is 0 Å². The predicted molar refractivity (Wildman–Crippen MR) is 88.2 cm³/mol. The first kappa shape index (κ1) is 15.5. The lowest BCUT2D eigenvalue weighted by Crippen LogP contribution is -2.22. The van der Waals surface area contributed by atoms with Crippen LogP contribution in [0.3, 0.4) is 0 Å². The highest BCUT2D eigenvalue weighted by atomic mass is 16.1. The smallest absolute Gasteiger partial charge is 0.186 e. The fourth-order valence-electron chi connectivity index (χ4n) is 2.36. The summed E-state index contributed by atoms with van der Waals surface area (Å²) in [5, 5.41) is 3.30. The number of nitrogens with zero attached hydrogens (tertiary/aromatic N) is 1. The molecule has 0 aliphatic carbocycles. The topological polar surface area (TPSA) is 34.0 Å². The average Bonchev–Trinajstić information content (AvgIpc) is 2.44. The summed E-state index contributed by atoms with van der Waals surface area (Å²) >= 11 is 0. The highest BCUT2D eigenvalue weighted by Crippen LogP contribution is 2.15. The molecule has 0 radical (unpaired) electrons. The van der Waals surface area contributed by atoms with Gasteiger partial charge in [0.1, 0.15) is 0 Å². The van der Waals surface area contributed by atoms with Gasteiger partial charge in [-0.05, 0) is 57.0 Å². The molecule has 3 nitrogen and oxygen atoms in total. The van der Waals surface area contributed by atoms with Crippen molar-refractivity contribution in [1.29, 1.82) is 0 Å². The van der Waals surface area contributed by atoms with E-state index < -0.39 is 0 Å². The first-order chi connectivity index (χ1) is 10.0. The molecule has 0 saturated carbocycles. The maximum absolute atomic E-state index is 12.1. The summed E-state index contributed by atoms with van der Waals surface area (Å²) in [6.07, 6.45) is 3.03. The Balaban J connectivity index is 2.40. The van der Waals surface area contributed by atoms with E-state index in [2.05, 4.69) is 48.9 Å². The van der Waals surface area contributed by atoms with Gasteiger partial charge < -0.3 is 9.88 Å². The minimum absolute atomic E-state index is 0.108. The first-order valence-corrected chi connectivity index (χ1v) is 7.53. The molecule has 0 aliphatic heterocycles. The van der Waals surface area contributed by atoms with Gasteiger partial charge in [0, 0.05) is 35.8 Å². The number of nitrogens with one attached hydrogen (secondary N) is 1. The summed E-state index contributed by atoms with van der Waals surface area (Å²) in [5.74, 6) is 0. The van der Waals surface area contributed by atoms with E-state index in [1.54, 1.807) is 6.07 Å². The second-order valence-electron chi connectivity index (χ2n) is 5.62. The highest BCUT2D eigenvalue weighted by Gasteiger charge is 2.06. The van der Waals surface area contributed by atoms with Crippen LogP contribution in [0.2, 0.25) is 0 Å². The summed E-state index contributed by atoms with van der Waals surface area (Å²) in [6, 6.07) is 8.11. The molecule has 0 fully saturated rings. The molecule has 1 N–H and O–H groups in total. The van der Waals surface area contributed by atoms with Crippen LogP contribution in [0.4, 0.5) is 0 Å². The van der Waals surface area contributed by atoms with Crippen molar-refractivity contribution in [1.82, 2.24) is 9.88 Å². The lowest BCUT2D eigenvalue weighted by Gasteiger charge is -2.14. The van der Waals surface area contributed by atoms with Crippen LogP contribution in [0.25, 0.3) is 5.69 Å². The lowest BCUT2D eigenvalue weighted by molar-refractivity contribution is 0.668. The van der Waals surface area contributed by atoms with Gasteiger partial charge in [-0.25, -0.2) is 0 Å². The number of benzene rings is 1. The molecular weight excluding hydrogens is 260 g/mol. The standard InChI is InChI=1S/C18H24N2O/c1-5-8-19-11-16-12-20(15(4)10-18(16)21)17-7-6-13(2)14(3)9-17/h6-7,9-10,12,19H,5,8,11H2,1-4H3. The number of pyridine rings is 1. The van der Waals surface area contributed by atoms with Gasteiger partial charge in [0.2, 0.25) is 0 Å². The zero-order valence-electron chi connectivity index (χ0n) is 13.4. The van der Waals surface area contributed by atoms with Gasteiger partial charge in [0.15, 0.2) is 5.43 Å². The molecule has 112 valence electrons. The fraction of sp³-hybridized carbons (Fsp3) is 0.389. The normalized spacial score (nSPS) is 10.9. The molecule has 1 aromatic carbocycles. The molecule has 0 aliphatic rings. The molecule has 0 bridgehead atoms. The first-order valence-electron chi connectivity index (χ1n) is 7.53. The second-order valence-corrected chi connectivity index (χ2v) is 5.62. The van der Waals surface area contributed by atoms with Crippen LogP contribution in [-0.2, 0) is 6.54 Å². The van der Waals surface area contributed by atoms with E-state index in [1.807, 2.05) is 13.1 Å². The van der Waals surface area contributed by atoms with Crippen molar-refractivity contribution in [3.63, 3.8) is 0 Å². The van der Waals surface area contributed by atoms with E-state index >= 15 is 0 Å². The van der Waals surface area contributed by atoms with Gasteiger partial charge in [-0.15, -0.1) is 0 Å². The maximum atomic E-state index is 12.1. The molecule has 21 heavy (non-hydrogen) atoms. The van der Waals surface area contributed by atoms with Gasteiger partial charge in [0.25, 0.3) is 0 Å². The monoisotopic (exact) mass is 284 g/mol. The molecule has 1 aromatic heterocycles. The SMILES string of the molecule is CCCNCc1cn(-c2ccc(C)c(C)c2)c(C)cc1=O. The van der Waals surface area contributed by atoms with Crippen molar-refractivity contribution in [2.24, 2.45) is 0 Å². The van der Waals surface area contributed by atoms with E-state index in [0.29, 0.717) is 6.54 Å². The van der Waals surface area contributed by atoms with Crippen LogP contribution >= 0.6 is 0 Å². The fourth-order valence-corrected chi connectivity index (χ4v) is 2.36. The Bertz CT molecular complexity index is 686. The van der Waals surface area contributed by atoms with Crippen LogP contribution in [0, 0.1) is 20.8 Å². The third kappa shape index (κ3) is 3.61. The van der Waals surface area contributed by atoms with Crippen LogP contribution in [0.1, 0.15) is 35.7 Å². The minimum Gasteiger partial charge on any atom is -0.321 e. The summed E-state index contributed by atoms with van der Waals surface area (Å²) in [6.45, 7) is 9.86. The van der Waals surface area contributed by atoms with Crippen LogP contribution in [0.5, 0.6) is 0 Å². The predicted octanol–water partition coefficient (Wildman–Crippen LogP) is 3.26. The maximum Gasteiger partial charge on any atom is 0.186 e. The summed E-state index contributed by atoms with van der Waals surface area (Å²) in [5.41, 5.74) is 5.52. The molecule has 0 spiro atoms. The Labute approximate surface area is 126 Å². The lowest BCUT2D eigenvalue weighted by atomic mass is 10.1. The number of rotatable bonds is 5. The van der Waals surface area contributed by atoms with E-state index in [1.165, 1.54) is 11.1 Å². The Morgan fingerprint density at radius 2 is 1.86 bits per heavy atom. The Morgan fingerprint density at radius 1 is 1.10 bits per heavy atom. The molecule has 0 saturated heterocycles. The van der Waals surface area contributed by atoms with Gasteiger partial charge in [-0.1, -0.05) is 13.0 Å². The Morgan fingerprint density at radius 3 is 2.52 bits per heavy atom. The molecular formula is C18H24N2O. The van der Waals surface area contributed by atoms with Gasteiger partial charge in [0.05, 0.1) is 0 Å². The van der Waals surface area contributed by atoms with Crippen molar-refractivity contribution < 1.29 is 0 Å². The van der Waals surface area contributed by atoms with Crippen molar-refractivity contribution in [2.45, 2.75) is 40.7 Å². The molecule has 2 rings (SSSR count). The molecule has 0 atom stereocenters. The van der Waals surface area contributed by atoms with Gasteiger partial charge in [-0.3, -0.25) is 4.79 Å². The molecule has 0 unspecified atom stereocenters. The van der Waals surface area contributed by atoms with Crippen molar-refractivity contribution in [3.05, 3.63) is 63.1 Å². The summed E-state index contributed by atoms with van der Waals surface area (Å²) in [7, 11) is 0. The minimum atomic E-state index is 0.108. The molecule has 0 amide bonds. The Kier molecular flexibility index (Phi) is 4.97. The van der Waals surface area contributed by atoms with Crippen molar-refractivity contribution in [2.75, 3.05) is 6.54 Å². The van der Waals surface area contributed by atoms with Crippen LogP contribution in [0.15, 0.2) is 35.3 Å².